The summed E-state index contributed by atoms with van der Waals surface area (Å²) >= 11 is 7.24. The molecule has 3 nitrogen and oxygen atoms in total. The van der Waals surface area contributed by atoms with E-state index < -0.39 is 5.60 Å². The highest BCUT2D eigenvalue weighted by Gasteiger charge is 2.41. The van der Waals surface area contributed by atoms with E-state index in [0.29, 0.717) is 17.4 Å². The average Bonchev–Trinajstić information content (AvgIpc) is 2.69. The number of halogens is 1. The van der Waals surface area contributed by atoms with Crippen LogP contribution in [0.4, 0.5) is 0 Å². The zero-order chi connectivity index (χ0) is 13.2. The Hall–Kier alpha value is -0.840. The first-order valence-corrected chi connectivity index (χ1v) is 7.16. The first-order chi connectivity index (χ1) is 8.52. The van der Waals surface area contributed by atoms with Crippen molar-refractivity contribution in [3.8, 4) is 0 Å². The second-order valence-corrected chi connectivity index (χ2v) is 6.39. The molecule has 1 N–H and O–H groups in total. The summed E-state index contributed by atoms with van der Waals surface area (Å²) in [6, 6.07) is 3.68. The van der Waals surface area contributed by atoms with Gasteiger partial charge in [0.1, 0.15) is 0 Å². The van der Waals surface area contributed by atoms with Crippen LogP contribution in [0.3, 0.4) is 0 Å². The van der Waals surface area contributed by atoms with Gasteiger partial charge in [0.2, 0.25) is 5.91 Å². The van der Waals surface area contributed by atoms with Crippen LogP contribution < -0.4 is 0 Å². The summed E-state index contributed by atoms with van der Waals surface area (Å²) in [4.78, 5) is 14.4. The Labute approximate surface area is 116 Å². The molecule has 1 fully saturated rings. The quantitative estimate of drug-likeness (QED) is 0.864. The van der Waals surface area contributed by atoms with Crippen LogP contribution in [-0.4, -0.2) is 34.6 Å². The Balaban J connectivity index is 1.85. The molecule has 0 unspecified atom stereocenters. The minimum atomic E-state index is -0.662. The van der Waals surface area contributed by atoms with Crippen LogP contribution in [0.2, 0.25) is 4.34 Å². The first kappa shape index (κ1) is 13.6. The third-order valence-corrected chi connectivity index (χ3v) is 4.18. The normalized spacial score (nSPS) is 18.1. The zero-order valence-corrected chi connectivity index (χ0v) is 11.8. The van der Waals surface area contributed by atoms with Crippen molar-refractivity contribution >= 4 is 34.9 Å². The predicted molar refractivity (Wildman–Crippen MR) is 74.8 cm³/mol. The Bertz CT molecular complexity index is 463. The van der Waals surface area contributed by atoms with E-state index in [2.05, 4.69) is 0 Å². The van der Waals surface area contributed by atoms with E-state index in [4.69, 9.17) is 11.6 Å². The number of nitrogens with zero attached hydrogens (tertiary/aromatic N) is 1. The molecule has 1 amide bonds. The maximum absolute atomic E-state index is 11.8. The number of thiophene rings is 1. The molecular weight excluding hydrogens is 270 g/mol. The summed E-state index contributed by atoms with van der Waals surface area (Å²) in [6.07, 6.45) is 4.98. The molecule has 0 atom stereocenters. The monoisotopic (exact) mass is 285 g/mol. The highest BCUT2D eigenvalue weighted by molar-refractivity contribution is 7.17. The second-order valence-electron chi connectivity index (χ2n) is 4.64. The lowest BCUT2D eigenvalue weighted by atomic mass is 9.89. The van der Waals surface area contributed by atoms with Crippen molar-refractivity contribution in [2.24, 2.45) is 0 Å². The van der Waals surface area contributed by atoms with E-state index in [1.807, 2.05) is 13.0 Å². The van der Waals surface area contributed by atoms with E-state index in [-0.39, 0.29) is 5.91 Å². The summed E-state index contributed by atoms with van der Waals surface area (Å²) in [5, 5.41) is 9.98. The topological polar surface area (TPSA) is 40.5 Å². The molecule has 0 aliphatic carbocycles. The fourth-order valence-corrected chi connectivity index (χ4v) is 3.08. The van der Waals surface area contributed by atoms with E-state index >= 15 is 0 Å². The lowest BCUT2D eigenvalue weighted by Crippen LogP contribution is -2.63. The summed E-state index contributed by atoms with van der Waals surface area (Å²) in [6.45, 7) is 2.91. The van der Waals surface area contributed by atoms with Crippen LogP contribution in [0.15, 0.2) is 18.2 Å². The van der Waals surface area contributed by atoms with Crippen LogP contribution >= 0.6 is 22.9 Å². The Morgan fingerprint density at radius 3 is 2.89 bits per heavy atom. The number of β-amino-alcohol motifs (C(OH)–C–C–N with tert-alkyl or cyclic N) is 1. The Morgan fingerprint density at radius 1 is 1.61 bits per heavy atom. The van der Waals surface area contributed by atoms with Gasteiger partial charge in [0, 0.05) is 11.0 Å². The number of hydrogen-bond donors (Lipinski definition) is 1. The van der Waals surface area contributed by atoms with Gasteiger partial charge in [-0.25, -0.2) is 0 Å². The lowest BCUT2D eigenvalue weighted by Gasteiger charge is -2.46. The van der Waals surface area contributed by atoms with Gasteiger partial charge in [0.15, 0.2) is 0 Å². The summed E-state index contributed by atoms with van der Waals surface area (Å²) < 4.78 is 0.711. The van der Waals surface area contributed by atoms with Gasteiger partial charge in [0.25, 0.3) is 0 Å². The molecule has 18 heavy (non-hydrogen) atoms. The molecule has 5 heteroatoms. The molecule has 0 radical (unpaired) electrons. The third-order valence-electron chi connectivity index (χ3n) is 2.98. The zero-order valence-electron chi connectivity index (χ0n) is 10.2. The fraction of sp³-hybridized carbons (Fsp3) is 0.462. The van der Waals surface area contributed by atoms with Crippen molar-refractivity contribution in [3.63, 3.8) is 0 Å². The van der Waals surface area contributed by atoms with Crippen molar-refractivity contribution < 1.29 is 9.90 Å². The molecule has 98 valence electrons. The van der Waals surface area contributed by atoms with Gasteiger partial charge in [-0.2, -0.15) is 0 Å². The molecule has 1 aliphatic rings. The minimum absolute atomic E-state index is 0.0553. The summed E-state index contributed by atoms with van der Waals surface area (Å²) in [5.41, 5.74) is -0.662. The van der Waals surface area contributed by atoms with Gasteiger partial charge in [-0.05, 0) is 24.6 Å². The third kappa shape index (κ3) is 3.13. The molecular formula is C13H16ClNO2S. The van der Waals surface area contributed by atoms with Gasteiger partial charge in [-0.1, -0.05) is 24.9 Å². The van der Waals surface area contributed by atoms with Gasteiger partial charge < -0.3 is 10.0 Å². The standard InChI is InChI=1S/C13H16ClNO2S/c1-2-7-13(17)8-15(9-13)12(16)6-4-10-3-5-11(14)18-10/h3-6,17H,2,7-9H2,1H3. The molecule has 0 saturated carbocycles. The molecule has 0 bridgehead atoms. The smallest absolute Gasteiger partial charge is 0.246 e. The van der Waals surface area contributed by atoms with Crippen molar-refractivity contribution in [2.45, 2.75) is 25.4 Å². The lowest BCUT2D eigenvalue weighted by molar-refractivity contribution is -0.151. The first-order valence-electron chi connectivity index (χ1n) is 5.97. The van der Waals surface area contributed by atoms with E-state index in [0.717, 1.165) is 17.7 Å². The molecule has 2 heterocycles. The Morgan fingerprint density at radius 2 is 2.33 bits per heavy atom. The molecule has 0 spiro atoms. The van der Waals surface area contributed by atoms with Crippen molar-refractivity contribution in [1.82, 2.24) is 4.90 Å². The van der Waals surface area contributed by atoms with E-state index in [1.54, 1.807) is 17.0 Å². The van der Waals surface area contributed by atoms with Crippen molar-refractivity contribution in [2.75, 3.05) is 13.1 Å². The van der Waals surface area contributed by atoms with Gasteiger partial charge in [-0.3, -0.25) is 4.79 Å². The molecule has 1 aromatic rings. The number of hydrogen-bond acceptors (Lipinski definition) is 3. The van der Waals surface area contributed by atoms with Crippen LogP contribution in [0.1, 0.15) is 24.6 Å². The number of rotatable bonds is 4. The van der Waals surface area contributed by atoms with Crippen LogP contribution in [0, 0.1) is 0 Å². The van der Waals surface area contributed by atoms with Gasteiger partial charge in [0.05, 0.1) is 23.0 Å². The maximum Gasteiger partial charge on any atom is 0.246 e. The summed E-state index contributed by atoms with van der Waals surface area (Å²) in [7, 11) is 0. The number of amides is 1. The number of aliphatic hydroxyl groups is 1. The van der Waals surface area contributed by atoms with Crippen LogP contribution in [-0.2, 0) is 4.79 Å². The van der Waals surface area contributed by atoms with E-state index in [1.165, 1.54) is 17.4 Å². The SMILES string of the molecule is CCCC1(O)CN(C(=O)C=Cc2ccc(Cl)s2)C1. The van der Waals surface area contributed by atoms with Gasteiger partial charge >= 0.3 is 0 Å². The molecule has 1 saturated heterocycles. The second kappa shape index (κ2) is 5.43. The fourth-order valence-electron chi connectivity index (χ4n) is 2.12. The molecule has 2 rings (SSSR count). The predicted octanol–water partition coefficient (Wildman–Crippen LogP) is 2.79. The van der Waals surface area contributed by atoms with E-state index in [9.17, 15) is 9.90 Å². The number of carbonyl (C=O) groups excluding carboxylic acids is 1. The van der Waals surface area contributed by atoms with Crippen molar-refractivity contribution in [3.05, 3.63) is 27.4 Å². The minimum Gasteiger partial charge on any atom is -0.386 e. The van der Waals surface area contributed by atoms with Crippen LogP contribution in [0.25, 0.3) is 6.08 Å². The largest absolute Gasteiger partial charge is 0.386 e. The highest BCUT2D eigenvalue weighted by Crippen LogP contribution is 2.26. The highest BCUT2D eigenvalue weighted by atomic mass is 35.5. The Kier molecular flexibility index (Phi) is 4.10. The maximum atomic E-state index is 11.8. The van der Waals surface area contributed by atoms with Crippen LogP contribution in [0.5, 0.6) is 0 Å². The molecule has 1 aliphatic heterocycles. The number of likely N-dealkylation sites (tertiary alicyclic amines) is 1. The van der Waals surface area contributed by atoms with Crippen molar-refractivity contribution in [1.29, 1.82) is 0 Å². The average molecular weight is 286 g/mol. The summed E-state index contributed by atoms with van der Waals surface area (Å²) in [5.74, 6) is -0.0553. The number of carbonyl (C=O) groups is 1. The molecule has 1 aromatic heterocycles. The molecule has 0 aromatic carbocycles. The van der Waals surface area contributed by atoms with Gasteiger partial charge in [-0.15, -0.1) is 11.3 Å².